The first-order chi connectivity index (χ1) is 14.0. The highest BCUT2D eigenvalue weighted by molar-refractivity contribution is 5.92. The van der Waals surface area contributed by atoms with Gasteiger partial charge in [-0.2, -0.15) is 0 Å². The molecule has 0 saturated heterocycles. The number of hydrogen-bond donors (Lipinski definition) is 1. The summed E-state index contributed by atoms with van der Waals surface area (Å²) >= 11 is 0. The monoisotopic (exact) mass is 400 g/mol. The van der Waals surface area contributed by atoms with E-state index in [0.717, 1.165) is 5.56 Å². The fourth-order valence-electron chi connectivity index (χ4n) is 2.43. The second-order valence-corrected chi connectivity index (χ2v) is 6.30. The molecule has 6 nitrogen and oxygen atoms in total. The van der Waals surface area contributed by atoms with Gasteiger partial charge in [-0.1, -0.05) is 18.2 Å². The maximum Gasteiger partial charge on any atom is 0.330 e. The molecule has 0 radical (unpaired) electrons. The average Bonchev–Trinajstić information content (AvgIpc) is 2.67. The predicted octanol–water partition coefficient (Wildman–Crippen LogP) is 3.35. The summed E-state index contributed by atoms with van der Waals surface area (Å²) in [5.74, 6) is -0.444. The van der Waals surface area contributed by atoms with Gasteiger partial charge in [0.25, 0.3) is 0 Å². The molecule has 0 aliphatic rings. The Kier molecular flexibility index (Phi) is 8.85. The van der Waals surface area contributed by atoms with Crippen molar-refractivity contribution in [3.05, 3.63) is 66.0 Å². The van der Waals surface area contributed by atoms with Crippen LogP contribution in [0.15, 0.2) is 54.6 Å². The van der Waals surface area contributed by atoms with Crippen molar-refractivity contribution >= 4 is 23.6 Å². The quantitative estimate of drug-likeness (QED) is 0.489. The number of esters is 1. The molecule has 0 aromatic heterocycles. The first kappa shape index (κ1) is 22.1. The molecule has 2 aromatic rings. The van der Waals surface area contributed by atoms with Crippen LogP contribution in [0.2, 0.25) is 0 Å². The van der Waals surface area contributed by atoms with Gasteiger partial charge in [-0.3, -0.25) is 9.69 Å². The van der Waals surface area contributed by atoms with Crippen LogP contribution in [0.5, 0.6) is 5.75 Å². The largest absolute Gasteiger partial charge is 0.492 e. The lowest BCUT2D eigenvalue weighted by molar-refractivity contribution is -0.137. The van der Waals surface area contributed by atoms with Crippen LogP contribution >= 0.6 is 0 Å². The Hall–Kier alpha value is -3.19. The Morgan fingerprint density at radius 2 is 1.93 bits per heavy atom. The molecule has 0 bridgehead atoms. The van der Waals surface area contributed by atoms with E-state index >= 15 is 0 Å². The summed E-state index contributed by atoms with van der Waals surface area (Å²) in [6, 6.07) is 13.0. The Labute approximate surface area is 169 Å². The standard InChI is InChI=1S/C22H25FN2O4/c1-3-28-22(27)12-9-17-7-10-19(11-8-17)24-21(26)16-25(2)13-14-29-20-6-4-5-18(23)15-20/h4-12,15H,3,13-14,16H2,1-2H3,(H,24,26)/b12-9+. The lowest BCUT2D eigenvalue weighted by atomic mass is 10.2. The highest BCUT2D eigenvalue weighted by Gasteiger charge is 2.07. The maximum absolute atomic E-state index is 13.1. The zero-order valence-corrected chi connectivity index (χ0v) is 16.6. The van der Waals surface area contributed by atoms with Crippen molar-refractivity contribution in [1.29, 1.82) is 0 Å². The minimum absolute atomic E-state index is 0.159. The second kappa shape index (κ2) is 11.6. The first-order valence-electron chi connectivity index (χ1n) is 9.28. The van der Waals surface area contributed by atoms with Crippen molar-refractivity contribution in [1.82, 2.24) is 4.90 Å². The number of rotatable bonds is 10. The first-order valence-corrected chi connectivity index (χ1v) is 9.28. The number of halogens is 1. The molecule has 154 valence electrons. The molecule has 0 fully saturated rings. The number of benzene rings is 2. The van der Waals surface area contributed by atoms with E-state index in [0.29, 0.717) is 31.2 Å². The summed E-state index contributed by atoms with van der Waals surface area (Å²) in [6.45, 7) is 3.13. The van der Waals surface area contributed by atoms with E-state index in [1.807, 2.05) is 4.90 Å². The number of anilines is 1. The van der Waals surface area contributed by atoms with Gasteiger partial charge in [-0.15, -0.1) is 0 Å². The maximum atomic E-state index is 13.1. The molecule has 2 rings (SSSR count). The van der Waals surface area contributed by atoms with E-state index in [9.17, 15) is 14.0 Å². The van der Waals surface area contributed by atoms with Crippen molar-refractivity contribution in [2.45, 2.75) is 6.92 Å². The lowest BCUT2D eigenvalue weighted by Gasteiger charge is -2.16. The molecule has 2 aromatic carbocycles. The summed E-state index contributed by atoms with van der Waals surface area (Å²) in [7, 11) is 1.80. The van der Waals surface area contributed by atoms with E-state index < -0.39 is 5.97 Å². The third-order valence-corrected chi connectivity index (χ3v) is 3.84. The Balaban J connectivity index is 1.73. The normalized spacial score (nSPS) is 10.9. The van der Waals surface area contributed by atoms with Gasteiger partial charge in [0.2, 0.25) is 5.91 Å². The smallest absolute Gasteiger partial charge is 0.330 e. The molecule has 0 unspecified atom stereocenters. The van der Waals surface area contributed by atoms with Crippen LogP contribution in [-0.4, -0.2) is 50.1 Å². The van der Waals surface area contributed by atoms with Crippen molar-refractivity contribution in [3.8, 4) is 5.75 Å². The fraction of sp³-hybridized carbons (Fsp3) is 0.273. The average molecular weight is 400 g/mol. The number of hydrogen-bond acceptors (Lipinski definition) is 5. The van der Waals surface area contributed by atoms with Gasteiger partial charge < -0.3 is 14.8 Å². The summed E-state index contributed by atoms with van der Waals surface area (Å²) in [5, 5.41) is 2.81. The second-order valence-electron chi connectivity index (χ2n) is 6.30. The van der Waals surface area contributed by atoms with Crippen LogP contribution in [0.4, 0.5) is 10.1 Å². The summed E-state index contributed by atoms with van der Waals surface area (Å²) in [6.07, 6.45) is 3.01. The van der Waals surface area contributed by atoms with Crippen LogP contribution in [0.1, 0.15) is 12.5 Å². The van der Waals surface area contributed by atoms with Gasteiger partial charge >= 0.3 is 5.97 Å². The number of nitrogens with zero attached hydrogens (tertiary/aromatic N) is 1. The Bertz CT molecular complexity index is 837. The van der Waals surface area contributed by atoms with Crippen LogP contribution in [0, 0.1) is 5.82 Å². The zero-order valence-electron chi connectivity index (χ0n) is 16.6. The van der Waals surface area contributed by atoms with Crippen LogP contribution in [-0.2, 0) is 14.3 Å². The zero-order chi connectivity index (χ0) is 21.1. The molecular weight excluding hydrogens is 375 g/mol. The van der Waals surface area contributed by atoms with Crippen molar-refractivity contribution in [3.63, 3.8) is 0 Å². The van der Waals surface area contributed by atoms with Gasteiger partial charge in [0, 0.05) is 24.4 Å². The fourth-order valence-corrected chi connectivity index (χ4v) is 2.43. The summed E-state index contributed by atoms with van der Waals surface area (Å²) in [5.41, 5.74) is 1.48. The number of carbonyl (C=O) groups is 2. The molecule has 1 N–H and O–H groups in total. The molecule has 1 amide bonds. The van der Waals surface area contributed by atoms with Gasteiger partial charge in [0.15, 0.2) is 0 Å². The Morgan fingerprint density at radius 3 is 2.62 bits per heavy atom. The molecule has 0 saturated carbocycles. The van der Waals surface area contributed by atoms with Gasteiger partial charge in [0.05, 0.1) is 13.2 Å². The molecule has 0 heterocycles. The molecule has 29 heavy (non-hydrogen) atoms. The number of ether oxygens (including phenoxy) is 2. The highest BCUT2D eigenvalue weighted by atomic mass is 19.1. The number of likely N-dealkylation sites (N-methyl/N-ethyl adjacent to an activating group) is 1. The highest BCUT2D eigenvalue weighted by Crippen LogP contribution is 2.12. The number of amides is 1. The van der Waals surface area contributed by atoms with Crippen LogP contribution in [0.3, 0.4) is 0 Å². The summed E-state index contributed by atoms with van der Waals surface area (Å²) < 4.78 is 23.4. The van der Waals surface area contributed by atoms with Crippen molar-refractivity contribution < 1.29 is 23.5 Å². The molecular formula is C22H25FN2O4. The topological polar surface area (TPSA) is 67.9 Å². The van der Waals surface area contributed by atoms with Crippen LogP contribution < -0.4 is 10.1 Å². The van der Waals surface area contributed by atoms with E-state index in [1.54, 1.807) is 56.4 Å². The third-order valence-electron chi connectivity index (χ3n) is 3.84. The van der Waals surface area contributed by atoms with E-state index in [1.165, 1.54) is 18.2 Å². The SMILES string of the molecule is CCOC(=O)/C=C/c1ccc(NC(=O)CN(C)CCOc2cccc(F)c2)cc1. The van der Waals surface area contributed by atoms with Gasteiger partial charge in [-0.05, 0) is 49.9 Å². The van der Waals surface area contributed by atoms with E-state index in [2.05, 4.69) is 5.32 Å². The van der Waals surface area contributed by atoms with E-state index in [-0.39, 0.29) is 18.3 Å². The Morgan fingerprint density at radius 1 is 1.17 bits per heavy atom. The van der Waals surface area contributed by atoms with Gasteiger partial charge in [0.1, 0.15) is 18.2 Å². The van der Waals surface area contributed by atoms with Crippen molar-refractivity contribution in [2.24, 2.45) is 0 Å². The number of carbonyl (C=O) groups excluding carboxylic acids is 2. The molecule has 0 spiro atoms. The van der Waals surface area contributed by atoms with E-state index in [4.69, 9.17) is 9.47 Å². The molecule has 0 aliphatic carbocycles. The van der Waals surface area contributed by atoms with Crippen molar-refractivity contribution in [2.75, 3.05) is 38.7 Å². The minimum Gasteiger partial charge on any atom is -0.492 e. The molecule has 7 heteroatoms. The third kappa shape index (κ3) is 8.57. The molecule has 0 aliphatic heterocycles. The minimum atomic E-state index is -0.394. The van der Waals surface area contributed by atoms with Gasteiger partial charge in [-0.25, -0.2) is 9.18 Å². The molecule has 0 atom stereocenters. The lowest BCUT2D eigenvalue weighted by Crippen LogP contribution is -2.33. The predicted molar refractivity (Wildman–Crippen MR) is 110 cm³/mol. The number of nitrogens with one attached hydrogen (secondary N) is 1. The summed E-state index contributed by atoms with van der Waals surface area (Å²) in [4.78, 5) is 25.3. The van der Waals surface area contributed by atoms with Crippen LogP contribution in [0.25, 0.3) is 6.08 Å².